The van der Waals surface area contributed by atoms with Crippen molar-refractivity contribution in [3.8, 4) is 78.0 Å². The summed E-state index contributed by atoms with van der Waals surface area (Å²) in [4.78, 5) is 0. The van der Waals surface area contributed by atoms with Gasteiger partial charge < -0.3 is 4.42 Å². The zero-order valence-electron chi connectivity index (χ0n) is 32.2. The average Bonchev–Trinajstić information content (AvgIpc) is 3.87. The molecule has 4 nitrogen and oxygen atoms in total. The molecule has 0 saturated carbocycles. The molecule has 58 heavy (non-hydrogen) atoms. The van der Waals surface area contributed by atoms with Crippen molar-refractivity contribution in [3.63, 3.8) is 0 Å². The Hall–Kier alpha value is -7.43. The molecule has 2 aromatic heterocycles. The van der Waals surface area contributed by atoms with E-state index in [1.54, 1.807) is 6.20 Å². The van der Waals surface area contributed by atoms with Crippen LogP contribution in [0.2, 0.25) is 0 Å². The molecule has 8 aromatic carbocycles. The number of fused-ring (bicyclic) bond motifs is 6. The van der Waals surface area contributed by atoms with Gasteiger partial charge in [0.2, 0.25) is 0 Å². The summed E-state index contributed by atoms with van der Waals surface area (Å²) in [5.41, 5.74) is 22.8. The van der Waals surface area contributed by atoms with Crippen LogP contribution in [0, 0.1) is 13.8 Å². The van der Waals surface area contributed by atoms with Crippen LogP contribution in [0.1, 0.15) is 22.3 Å². The van der Waals surface area contributed by atoms with Crippen molar-refractivity contribution in [3.05, 3.63) is 198 Å². The van der Waals surface area contributed by atoms with Crippen LogP contribution in [0.3, 0.4) is 0 Å². The molecule has 0 amide bonds. The van der Waals surface area contributed by atoms with Gasteiger partial charge in [0.1, 0.15) is 11.2 Å². The van der Waals surface area contributed by atoms with E-state index < -0.39 is 0 Å². The third kappa shape index (κ3) is 5.26. The molecule has 0 N–H and O–H groups in total. The molecule has 0 bridgehead atoms. The van der Waals surface area contributed by atoms with Gasteiger partial charge in [-0.3, -0.25) is 0 Å². The topological polar surface area (TPSA) is 51.8 Å². The zero-order valence-corrected chi connectivity index (χ0v) is 32.2. The lowest BCUT2D eigenvalue weighted by molar-refractivity contribution is 0.669. The quantitative estimate of drug-likeness (QED) is 0.170. The fourth-order valence-corrected chi connectivity index (χ4v) is 9.50. The first-order valence-electron chi connectivity index (χ1n) is 19.8. The molecule has 11 rings (SSSR count). The summed E-state index contributed by atoms with van der Waals surface area (Å²) in [5.74, 6) is 0. The molecular weight excluding hydrogens is 707 g/mol. The Morgan fingerprint density at radius 2 is 1.03 bits per heavy atom. The van der Waals surface area contributed by atoms with Crippen molar-refractivity contribution < 1.29 is 4.42 Å². The predicted molar refractivity (Wildman–Crippen MR) is 237 cm³/mol. The highest BCUT2D eigenvalue weighted by Crippen LogP contribution is 2.55. The minimum Gasteiger partial charge on any atom is -0.456 e. The monoisotopic (exact) mass is 743 g/mol. The maximum Gasteiger partial charge on any atom is 0.136 e. The Balaban J connectivity index is 1.36. The van der Waals surface area contributed by atoms with Gasteiger partial charge in [-0.25, -0.2) is 0 Å². The van der Waals surface area contributed by atoms with Crippen molar-refractivity contribution in [2.24, 2.45) is 0 Å². The minimum absolute atomic E-state index is 0.749. The largest absolute Gasteiger partial charge is 0.456 e. The zero-order chi connectivity index (χ0) is 38.7. The lowest BCUT2D eigenvalue weighted by Crippen LogP contribution is -2.02. The van der Waals surface area contributed by atoms with Crippen molar-refractivity contribution in [2.75, 3.05) is 0 Å². The summed E-state index contributed by atoms with van der Waals surface area (Å²) in [6, 6.07) is 60.6. The van der Waals surface area contributed by atoms with E-state index in [4.69, 9.17) is 9.52 Å². The SMILES string of the molecule is Cc1c(C)c(-c2ccccc2)c(-c2ccc3oc4ccccc4c3c2-c2ccc(-c3ccccc3)c(-c3ccccc3)c2-c2ccnnn2)c2c1-c1ccccc1C2. The van der Waals surface area contributed by atoms with Gasteiger partial charge in [0, 0.05) is 21.9 Å². The number of aromatic nitrogens is 3. The average molecular weight is 744 g/mol. The second kappa shape index (κ2) is 13.6. The second-order valence-corrected chi connectivity index (χ2v) is 15.2. The highest BCUT2D eigenvalue weighted by Gasteiger charge is 2.32. The van der Waals surface area contributed by atoms with Gasteiger partial charge in [0.15, 0.2) is 0 Å². The van der Waals surface area contributed by atoms with Crippen LogP contribution in [0.25, 0.3) is 100.0 Å². The van der Waals surface area contributed by atoms with Crippen molar-refractivity contribution in [2.45, 2.75) is 20.3 Å². The standard InChI is InChI=1S/C54H37N3O/c1-33-34(2)49-39-23-13-12-22-38(39)32-44(49)52(48(33)36-18-8-4-9-19-36)42-28-29-47-54(41-24-14-15-25-46(41)58-47)51(42)43-27-26-40(35-16-6-3-7-17-35)50(37-20-10-5-11-21-37)53(43)45-30-31-55-57-56-45/h3-31H,32H2,1-2H3. The number of hydrogen-bond donors (Lipinski definition) is 0. The maximum absolute atomic E-state index is 6.72. The molecule has 0 spiro atoms. The van der Waals surface area contributed by atoms with Gasteiger partial charge in [0.05, 0.1) is 11.9 Å². The van der Waals surface area contributed by atoms with Crippen LogP contribution in [0.15, 0.2) is 180 Å². The Morgan fingerprint density at radius 1 is 0.431 bits per heavy atom. The van der Waals surface area contributed by atoms with E-state index in [0.29, 0.717) is 0 Å². The van der Waals surface area contributed by atoms with E-state index in [0.717, 1.165) is 78.6 Å². The molecule has 0 saturated heterocycles. The molecule has 2 heterocycles. The molecular formula is C54H37N3O. The molecule has 1 aliphatic carbocycles. The van der Waals surface area contributed by atoms with Crippen molar-refractivity contribution in [1.82, 2.24) is 15.4 Å². The third-order valence-electron chi connectivity index (χ3n) is 12.1. The molecule has 0 unspecified atom stereocenters. The molecule has 4 heteroatoms. The van der Waals surface area contributed by atoms with Gasteiger partial charge in [-0.15, -0.1) is 10.2 Å². The second-order valence-electron chi connectivity index (χ2n) is 15.2. The summed E-state index contributed by atoms with van der Waals surface area (Å²) < 4.78 is 6.72. The molecule has 0 aliphatic heterocycles. The summed E-state index contributed by atoms with van der Waals surface area (Å²) in [6.07, 6.45) is 2.59. The number of rotatable bonds is 6. The van der Waals surface area contributed by atoms with Gasteiger partial charge in [-0.05, 0) is 133 Å². The maximum atomic E-state index is 6.72. The van der Waals surface area contributed by atoms with Gasteiger partial charge >= 0.3 is 0 Å². The van der Waals surface area contributed by atoms with Crippen molar-refractivity contribution in [1.29, 1.82) is 0 Å². The number of para-hydroxylation sites is 1. The first-order valence-corrected chi connectivity index (χ1v) is 19.8. The van der Waals surface area contributed by atoms with Crippen LogP contribution in [-0.2, 0) is 6.42 Å². The lowest BCUT2D eigenvalue weighted by atomic mass is 9.77. The van der Waals surface area contributed by atoms with Crippen LogP contribution >= 0.6 is 0 Å². The van der Waals surface area contributed by atoms with Gasteiger partial charge in [-0.1, -0.05) is 146 Å². The van der Waals surface area contributed by atoms with Gasteiger partial charge in [-0.2, -0.15) is 0 Å². The lowest BCUT2D eigenvalue weighted by Gasteiger charge is -2.25. The van der Waals surface area contributed by atoms with E-state index in [-0.39, 0.29) is 0 Å². The van der Waals surface area contributed by atoms with Crippen LogP contribution in [-0.4, -0.2) is 15.4 Å². The fraction of sp³-hybridized carbons (Fsp3) is 0.0556. The van der Waals surface area contributed by atoms with Crippen molar-refractivity contribution >= 4 is 21.9 Å². The smallest absolute Gasteiger partial charge is 0.136 e. The Morgan fingerprint density at radius 3 is 1.78 bits per heavy atom. The first-order chi connectivity index (χ1) is 28.7. The number of furan rings is 1. The minimum atomic E-state index is 0.749. The van der Waals surface area contributed by atoms with Crippen LogP contribution in [0.5, 0.6) is 0 Å². The molecule has 10 aromatic rings. The Labute approximate surface area is 337 Å². The highest BCUT2D eigenvalue weighted by molar-refractivity contribution is 6.20. The first kappa shape index (κ1) is 33.9. The number of hydrogen-bond acceptors (Lipinski definition) is 4. The van der Waals surface area contributed by atoms with E-state index >= 15 is 0 Å². The number of benzene rings is 8. The summed E-state index contributed by atoms with van der Waals surface area (Å²) in [5, 5.41) is 15.3. The Kier molecular flexibility index (Phi) is 7.97. The van der Waals surface area contributed by atoms with E-state index in [1.165, 1.54) is 50.1 Å². The summed E-state index contributed by atoms with van der Waals surface area (Å²) >= 11 is 0. The van der Waals surface area contributed by atoms with Gasteiger partial charge in [0.25, 0.3) is 0 Å². The molecule has 0 atom stereocenters. The molecule has 274 valence electrons. The Bertz CT molecular complexity index is 3190. The highest BCUT2D eigenvalue weighted by atomic mass is 16.3. The van der Waals surface area contributed by atoms with E-state index in [2.05, 4.69) is 182 Å². The molecule has 1 aliphatic rings. The predicted octanol–water partition coefficient (Wildman–Crippen LogP) is 14.0. The summed E-state index contributed by atoms with van der Waals surface area (Å²) in [6.45, 7) is 4.60. The van der Waals surface area contributed by atoms with E-state index in [9.17, 15) is 0 Å². The molecule has 0 fully saturated rings. The van der Waals surface area contributed by atoms with Crippen LogP contribution < -0.4 is 0 Å². The third-order valence-corrected chi connectivity index (χ3v) is 12.1. The number of nitrogens with zero attached hydrogens (tertiary/aromatic N) is 3. The van der Waals surface area contributed by atoms with E-state index in [1.807, 2.05) is 12.1 Å². The normalized spacial score (nSPS) is 11.9. The fourth-order valence-electron chi connectivity index (χ4n) is 9.50. The van der Waals surface area contributed by atoms with Crippen LogP contribution in [0.4, 0.5) is 0 Å². The summed E-state index contributed by atoms with van der Waals surface area (Å²) in [7, 11) is 0. The molecule has 0 radical (unpaired) electrons.